The normalized spacial score (nSPS) is 11.1. The fourth-order valence-corrected chi connectivity index (χ4v) is 2.87. The van der Waals surface area contributed by atoms with Crippen molar-refractivity contribution in [1.29, 1.82) is 0 Å². The largest absolute Gasteiger partial charge is 0.377 e. The van der Waals surface area contributed by atoms with Gasteiger partial charge in [0.15, 0.2) is 0 Å². The Morgan fingerprint density at radius 1 is 1.26 bits per heavy atom. The maximum absolute atomic E-state index is 6.28. The second kappa shape index (κ2) is 5.53. The Morgan fingerprint density at radius 3 is 2.53 bits per heavy atom. The van der Waals surface area contributed by atoms with Gasteiger partial charge in [0.25, 0.3) is 0 Å². The van der Waals surface area contributed by atoms with Gasteiger partial charge in [0.05, 0.1) is 21.9 Å². The third kappa shape index (κ3) is 2.64. The Balaban J connectivity index is 2.87. The molecule has 1 aromatic carbocycles. The number of nitrogens with one attached hydrogen (secondary N) is 1. The minimum atomic E-state index is 0.586. The van der Waals surface area contributed by atoms with Crippen molar-refractivity contribution in [3.63, 3.8) is 0 Å². The van der Waals surface area contributed by atoms with Crippen LogP contribution in [0, 0.1) is 6.92 Å². The van der Waals surface area contributed by atoms with E-state index in [1.165, 1.54) is 0 Å². The predicted octanol–water partition coefficient (Wildman–Crippen LogP) is 3.64. The summed E-state index contributed by atoms with van der Waals surface area (Å²) < 4.78 is 0. The number of aromatic nitrogens is 1. The zero-order chi connectivity index (χ0) is 14.2. The zero-order valence-electron chi connectivity index (χ0n) is 11.5. The number of hydrogen-bond acceptors (Lipinski definition) is 3. The molecule has 0 spiro atoms. The third-order valence-electron chi connectivity index (χ3n) is 3.11. The highest BCUT2D eigenvalue weighted by atomic mass is 35.5. The number of benzene rings is 1. The van der Waals surface area contributed by atoms with Crippen LogP contribution < -0.4 is 10.2 Å². The van der Waals surface area contributed by atoms with Gasteiger partial charge in [0.1, 0.15) is 0 Å². The van der Waals surface area contributed by atoms with Crippen LogP contribution in [-0.4, -0.2) is 26.1 Å². The first kappa shape index (κ1) is 14.4. The van der Waals surface area contributed by atoms with Gasteiger partial charge >= 0.3 is 0 Å². The minimum absolute atomic E-state index is 0.586. The molecule has 1 heterocycles. The maximum Gasteiger partial charge on any atom is 0.0914 e. The molecular formula is C14H17Cl2N3. The van der Waals surface area contributed by atoms with Gasteiger partial charge in [-0.05, 0) is 31.7 Å². The van der Waals surface area contributed by atoms with E-state index in [2.05, 4.69) is 22.1 Å². The van der Waals surface area contributed by atoms with E-state index in [9.17, 15) is 0 Å². The first-order valence-corrected chi connectivity index (χ1v) is 6.81. The molecule has 102 valence electrons. The van der Waals surface area contributed by atoms with Crippen molar-refractivity contribution in [3.8, 4) is 0 Å². The monoisotopic (exact) mass is 297 g/mol. The second-order valence-electron chi connectivity index (χ2n) is 4.74. The number of rotatable bonds is 3. The summed E-state index contributed by atoms with van der Waals surface area (Å²) >= 11 is 12.4. The van der Waals surface area contributed by atoms with Crippen LogP contribution in [0.4, 0.5) is 5.69 Å². The van der Waals surface area contributed by atoms with Crippen LogP contribution in [0.2, 0.25) is 10.0 Å². The predicted molar refractivity (Wildman–Crippen MR) is 83.6 cm³/mol. The minimum Gasteiger partial charge on any atom is -0.377 e. The molecule has 19 heavy (non-hydrogen) atoms. The topological polar surface area (TPSA) is 28.2 Å². The molecule has 0 bridgehead atoms. The first-order valence-electron chi connectivity index (χ1n) is 6.06. The van der Waals surface area contributed by atoms with Gasteiger partial charge in [-0.1, -0.05) is 23.2 Å². The molecule has 0 fully saturated rings. The Labute approximate surface area is 123 Å². The second-order valence-corrected chi connectivity index (χ2v) is 5.58. The molecule has 2 rings (SSSR count). The summed E-state index contributed by atoms with van der Waals surface area (Å²) in [6.07, 6.45) is 0. The van der Waals surface area contributed by atoms with E-state index in [1.54, 1.807) is 6.07 Å². The molecule has 0 unspecified atom stereocenters. The lowest BCUT2D eigenvalue weighted by molar-refractivity contribution is 0.788. The fourth-order valence-electron chi connectivity index (χ4n) is 2.33. The van der Waals surface area contributed by atoms with Crippen LogP contribution >= 0.6 is 23.2 Å². The Hall–Kier alpha value is -1.03. The van der Waals surface area contributed by atoms with E-state index in [4.69, 9.17) is 23.2 Å². The molecular weight excluding hydrogens is 281 g/mol. The lowest BCUT2D eigenvalue weighted by atomic mass is 10.1. The molecule has 0 atom stereocenters. The summed E-state index contributed by atoms with van der Waals surface area (Å²) in [4.78, 5) is 6.74. The van der Waals surface area contributed by atoms with Crippen LogP contribution in [-0.2, 0) is 6.54 Å². The quantitative estimate of drug-likeness (QED) is 0.937. The number of pyridine rings is 1. The van der Waals surface area contributed by atoms with Gasteiger partial charge in [-0.2, -0.15) is 0 Å². The van der Waals surface area contributed by atoms with Crippen molar-refractivity contribution in [3.05, 3.63) is 33.4 Å². The zero-order valence-corrected chi connectivity index (χ0v) is 13.0. The standard InChI is InChI=1S/C14H17Cl2N3/c1-8-12(7-17-2)18-13-10(14(8)19(3)4)5-9(15)6-11(13)16/h5-6,17H,7H2,1-4H3. The van der Waals surface area contributed by atoms with Crippen molar-refractivity contribution >= 4 is 39.8 Å². The molecule has 0 amide bonds. The molecule has 0 saturated carbocycles. The van der Waals surface area contributed by atoms with Crippen molar-refractivity contribution in [2.75, 3.05) is 26.0 Å². The number of hydrogen-bond donors (Lipinski definition) is 1. The van der Waals surface area contributed by atoms with Crippen LogP contribution in [0.1, 0.15) is 11.3 Å². The van der Waals surface area contributed by atoms with Gasteiger partial charge in [0.2, 0.25) is 0 Å². The molecule has 5 heteroatoms. The van der Waals surface area contributed by atoms with Gasteiger partial charge < -0.3 is 10.2 Å². The van der Waals surface area contributed by atoms with Gasteiger partial charge in [0, 0.05) is 31.0 Å². The van der Waals surface area contributed by atoms with Gasteiger partial charge in [-0.15, -0.1) is 0 Å². The molecule has 2 aromatic rings. The lowest BCUT2D eigenvalue weighted by Crippen LogP contribution is -2.15. The Bertz CT molecular complexity index is 624. The van der Waals surface area contributed by atoms with E-state index in [0.717, 1.165) is 27.8 Å². The summed E-state index contributed by atoms with van der Waals surface area (Å²) in [6, 6.07) is 3.65. The summed E-state index contributed by atoms with van der Waals surface area (Å²) in [5.74, 6) is 0. The summed E-state index contributed by atoms with van der Waals surface area (Å²) in [6.45, 7) is 2.78. The number of nitrogens with zero attached hydrogens (tertiary/aromatic N) is 2. The summed E-state index contributed by atoms with van der Waals surface area (Å²) in [5.41, 5.74) is 4.05. The summed E-state index contributed by atoms with van der Waals surface area (Å²) in [5, 5.41) is 5.34. The highest BCUT2D eigenvalue weighted by molar-refractivity contribution is 6.38. The van der Waals surface area contributed by atoms with Crippen LogP contribution in [0.3, 0.4) is 0 Å². The average Bonchev–Trinajstić information content (AvgIpc) is 2.30. The molecule has 0 radical (unpaired) electrons. The smallest absolute Gasteiger partial charge is 0.0914 e. The molecule has 0 aliphatic carbocycles. The molecule has 1 aromatic heterocycles. The highest BCUT2D eigenvalue weighted by Gasteiger charge is 2.15. The van der Waals surface area contributed by atoms with E-state index in [1.807, 2.05) is 27.2 Å². The SMILES string of the molecule is CNCc1nc2c(Cl)cc(Cl)cc2c(N(C)C)c1C. The maximum atomic E-state index is 6.28. The van der Waals surface area contributed by atoms with Crippen LogP contribution in [0.15, 0.2) is 12.1 Å². The lowest BCUT2D eigenvalue weighted by Gasteiger charge is -2.21. The molecule has 0 aliphatic heterocycles. The molecule has 0 saturated heterocycles. The molecule has 1 N–H and O–H groups in total. The molecule has 0 aliphatic rings. The third-order valence-corrected chi connectivity index (χ3v) is 3.62. The van der Waals surface area contributed by atoms with Crippen molar-refractivity contribution in [2.45, 2.75) is 13.5 Å². The van der Waals surface area contributed by atoms with Gasteiger partial charge in [-0.25, -0.2) is 4.98 Å². The van der Waals surface area contributed by atoms with E-state index < -0.39 is 0 Å². The van der Waals surface area contributed by atoms with Crippen molar-refractivity contribution < 1.29 is 0 Å². The van der Waals surface area contributed by atoms with Gasteiger partial charge in [-0.3, -0.25) is 0 Å². The number of fused-ring (bicyclic) bond motifs is 1. The molecule has 3 nitrogen and oxygen atoms in total. The number of anilines is 1. The van der Waals surface area contributed by atoms with E-state index in [-0.39, 0.29) is 0 Å². The van der Waals surface area contributed by atoms with E-state index in [0.29, 0.717) is 16.6 Å². The summed E-state index contributed by atoms with van der Waals surface area (Å²) in [7, 11) is 5.93. The highest BCUT2D eigenvalue weighted by Crippen LogP contribution is 2.35. The van der Waals surface area contributed by atoms with Crippen LogP contribution in [0.25, 0.3) is 10.9 Å². The van der Waals surface area contributed by atoms with Crippen molar-refractivity contribution in [1.82, 2.24) is 10.3 Å². The van der Waals surface area contributed by atoms with Crippen molar-refractivity contribution in [2.24, 2.45) is 0 Å². The first-order chi connectivity index (χ1) is 8.95. The van der Waals surface area contributed by atoms with Crippen LogP contribution in [0.5, 0.6) is 0 Å². The average molecular weight is 298 g/mol. The van der Waals surface area contributed by atoms with E-state index >= 15 is 0 Å². The Morgan fingerprint density at radius 2 is 1.95 bits per heavy atom. The number of halogens is 2. The Kier molecular flexibility index (Phi) is 4.19. The fraction of sp³-hybridized carbons (Fsp3) is 0.357.